The van der Waals surface area contributed by atoms with E-state index in [1.165, 1.54) is 31.4 Å². The van der Waals surface area contributed by atoms with Gasteiger partial charge in [-0.15, -0.1) is 0 Å². The molecule has 0 bridgehead atoms. The zero-order chi connectivity index (χ0) is 20.7. The number of sulfonamides is 1. The summed E-state index contributed by atoms with van der Waals surface area (Å²) in [6.07, 6.45) is 0.753. The molecule has 2 atom stereocenters. The van der Waals surface area contributed by atoms with Crippen LogP contribution in [0.4, 0.5) is 0 Å². The predicted molar refractivity (Wildman–Crippen MR) is 110 cm³/mol. The molecule has 28 heavy (non-hydrogen) atoms. The summed E-state index contributed by atoms with van der Waals surface area (Å²) >= 11 is 0. The van der Waals surface area contributed by atoms with Crippen LogP contribution in [0.5, 0.6) is 0 Å². The molecule has 0 saturated heterocycles. The van der Waals surface area contributed by atoms with Crippen LogP contribution in [0.2, 0.25) is 0 Å². The Morgan fingerprint density at radius 3 is 2.21 bits per heavy atom. The van der Waals surface area contributed by atoms with E-state index in [1.807, 2.05) is 38.1 Å². The number of amides is 1. The van der Waals surface area contributed by atoms with Crippen molar-refractivity contribution in [3.05, 3.63) is 65.2 Å². The van der Waals surface area contributed by atoms with Crippen molar-refractivity contribution in [3.63, 3.8) is 0 Å². The van der Waals surface area contributed by atoms with Crippen molar-refractivity contribution >= 4 is 15.9 Å². The van der Waals surface area contributed by atoms with Gasteiger partial charge in [0, 0.05) is 18.7 Å². The number of methoxy groups -OCH3 is 1. The molecule has 0 unspecified atom stereocenters. The number of ether oxygens (including phenoxy) is 1. The van der Waals surface area contributed by atoms with Gasteiger partial charge in [0.2, 0.25) is 10.0 Å². The fraction of sp³-hybridized carbons (Fsp3) is 0.381. The van der Waals surface area contributed by atoms with E-state index in [0.717, 1.165) is 17.5 Å². The standard InChI is InChI=1S/C21H28N2O4S/c1-5-20(17-8-6-15(2)7-9-17)22-21(24)18-10-12-19(13-11-18)28(25,26)23-16(3)14-27-4/h6-13,16,20,23H,5,14H2,1-4H3,(H,22,24)/t16-,20-/m1/s1. The Morgan fingerprint density at radius 1 is 1.07 bits per heavy atom. The molecule has 0 heterocycles. The van der Waals surface area contributed by atoms with Crippen molar-refractivity contribution in [3.8, 4) is 0 Å². The highest BCUT2D eigenvalue weighted by molar-refractivity contribution is 7.89. The first-order valence-corrected chi connectivity index (χ1v) is 10.7. The van der Waals surface area contributed by atoms with Crippen LogP contribution >= 0.6 is 0 Å². The number of rotatable bonds is 9. The summed E-state index contributed by atoms with van der Waals surface area (Å²) in [6.45, 7) is 6.02. The lowest BCUT2D eigenvalue weighted by molar-refractivity contribution is 0.0935. The van der Waals surface area contributed by atoms with Gasteiger partial charge in [0.25, 0.3) is 5.91 Å². The van der Waals surface area contributed by atoms with E-state index >= 15 is 0 Å². The number of hydrogen-bond acceptors (Lipinski definition) is 4. The lowest BCUT2D eigenvalue weighted by Crippen LogP contribution is -2.35. The SMILES string of the molecule is CC[C@@H](NC(=O)c1ccc(S(=O)(=O)N[C@H](C)COC)cc1)c1ccc(C)cc1. The molecular weight excluding hydrogens is 376 g/mol. The maximum absolute atomic E-state index is 12.6. The highest BCUT2D eigenvalue weighted by Crippen LogP contribution is 2.18. The highest BCUT2D eigenvalue weighted by atomic mass is 32.2. The first kappa shape index (κ1) is 22.1. The van der Waals surface area contributed by atoms with E-state index in [4.69, 9.17) is 4.74 Å². The molecule has 0 spiro atoms. The minimum Gasteiger partial charge on any atom is -0.383 e. The summed E-state index contributed by atoms with van der Waals surface area (Å²) in [7, 11) is -2.15. The zero-order valence-corrected chi connectivity index (χ0v) is 17.5. The van der Waals surface area contributed by atoms with Crippen molar-refractivity contribution in [2.24, 2.45) is 0 Å². The van der Waals surface area contributed by atoms with E-state index in [0.29, 0.717) is 5.56 Å². The topological polar surface area (TPSA) is 84.5 Å². The molecule has 2 aromatic rings. The third-order valence-corrected chi connectivity index (χ3v) is 6.00. The van der Waals surface area contributed by atoms with Gasteiger partial charge in [0.05, 0.1) is 17.5 Å². The summed E-state index contributed by atoms with van der Waals surface area (Å²) < 4.78 is 32.2. The van der Waals surface area contributed by atoms with Gasteiger partial charge in [0.15, 0.2) is 0 Å². The molecular formula is C21H28N2O4S. The van der Waals surface area contributed by atoms with Gasteiger partial charge < -0.3 is 10.1 Å². The summed E-state index contributed by atoms with van der Waals surface area (Å²) in [5.74, 6) is -0.239. The maximum atomic E-state index is 12.6. The van der Waals surface area contributed by atoms with Gasteiger partial charge >= 0.3 is 0 Å². The number of carbonyl (C=O) groups is 1. The first-order chi connectivity index (χ1) is 13.3. The van der Waals surface area contributed by atoms with Crippen molar-refractivity contribution in [1.29, 1.82) is 0 Å². The molecule has 0 saturated carbocycles. The van der Waals surface area contributed by atoms with Crippen molar-refractivity contribution in [2.75, 3.05) is 13.7 Å². The third kappa shape index (κ3) is 5.89. The number of carbonyl (C=O) groups excluding carboxylic acids is 1. The molecule has 7 heteroatoms. The Hall–Kier alpha value is -2.22. The van der Waals surface area contributed by atoms with Crippen LogP contribution in [0.25, 0.3) is 0 Å². The van der Waals surface area contributed by atoms with Crippen molar-refractivity contribution in [1.82, 2.24) is 10.0 Å². The smallest absolute Gasteiger partial charge is 0.251 e. The first-order valence-electron chi connectivity index (χ1n) is 9.25. The predicted octanol–water partition coefficient (Wildman–Crippen LogP) is 3.19. The molecule has 0 aliphatic carbocycles. The van der Waals surface area contributed by atoms with Gasteiger partial charge in [-0.25, -0.2) is 13.1 Å². The largest absolute Gasteiger partial charge is 0.383 e. The molecule has 1 amide bonds. The van der Waals surface area contributed by atoms with Gasteiger partial charge in [0.1, 0.15) is 0 Å². The molecule has 0 aliphatic rings. The minimum absolute atomic E-state index is 0.104. The van der Waals surface area contributed by atoms with Crippen LogP contribution < -0.4 is 10.0 Å². The second-order valence-electron chi connectivity index (χ2n) is 6.85. The Labute approximate surface area is 167 Å². The normalized spacial score (nSPS) is 13.7. The average molecular weight is 405 g/mol. The Kier molecular flexibility index (Phi) is 7.74. The lowest BCUT2D eigenvalue weighted by Gasteiger charge is -2.18. The van der Waals surface area contributed by atoms with Gasteiger partial charge in [-0.3, -0.25) is 4.79 Å². The molecule has 152 valence electrons. The Bertz CT molecular complexity index is 878. The summed E-state index contributed by atoms with van der Waals surface area (Å²) in [5, 5.41) is 3.01. The molecule has 2 N–H and O–H groups in total. The molecule has 0 fully saturated rings. The summed E-state index contributed by atoms with van der Waals surface area (Å²) in [5.41, 5.74) is 2.61. The van der Waals surface area contributed by atoms with Crippen molar-refractivity contribution < 1.29 is 17.9 Å². The van der Waals surface area contributed by atoms with Crippen LogP contribution in [0.1, 0.15) is 47.8 Å². The van der Waals surface area contributed by atoms with Crippen LogP contribution in [0.3, 0.4) is 0 Å². The lowest BCUT2D eigenvalue weighted by atomic mass is 10.0. The minimum atomic E-state index is -3.66. The average Bonchev–Trinajstić information content (AvgIpc) is 2.66. The Morgan fingerprint density at radius 2 is 1.68 bits per heavy atom. The Balaban J connectivity index is 2.09. The molecule has 0 aromatic heterocycles. The second-order valence-corrected chi connectivity index (χ2v) is 8.56. The van der Waals surface area contributed by atoms with E-state index < -0.39 is 10.0 Å². The van der Waals surface area contributed by atoms with E-state index in [9.17, 15) is 13.2 Å². The number of hydrogen-bond donors (Lipinski definition) is 2. The van der Waals surface area contributed by atoms with E-state index in [1.54, 1.807) is 6.92 Å². The molecule has 0 aliphatic heterocycles. The summed E-state index contributed by atoms with van der Waals surface area (Å²) in [6, 6.07) is 13.5. The quantitative estimate of drug-likeness (QED) is 0.672. The molecule has 2 aromatic carbocycles. The van der Waals surface area contributed by atoms with Gasteiger partial charge in [-0.05, 0) is 50.1 Å². The number of aryl methyl sites for hydroxylation is 1. The fourth-order valence-electron chi connectivity index (χ4n) is 2.86. The number of benzene rings is 2. The monoisotopic (exact) mass is 404 g/mol. The van der Waals surface area contributed by atoms with E-state index in [2.05, 4.69) is 10.0 Å². The zero-order valence-electron chi connectivity index (χ0n) is 16.7. The summed E-state index contributed by atoms with van der Waals surface area (Å²) in [4.78, 5) is 12.7. The number of nitrogens with one attached hydrogen (secondary N) is 2. The van der Waals surface area contributed by atoms with Gasteiger partial charge in [-0.1, -0.05) is 36.8 Å². The second kappa shape index (κ2) is 9.82. The van der Waals surface area contributed by atoms with E-state index in [-0.39, 0.29) is 29.5 Å². The van der Waals surface area contributed by atoms with Crippen LogP contribution in [-0.2, 0) is 14.8 Å². The maximum Gasteiger partial charge on any atom is 0.251 e. The van der Waals surface area contributed by atoms with Crippen molar-refractivity contribution in [2.45, 2.75) is 44.2 Å². The fourth-order valence-corrected chi connectivity index (χ4v) is 4.09. The molecule has 2 rings (SSSR count). The van der Waals surface area contributed by atoms with Crippen LogP contribution in [0, 0.1) is 6.92 Å². The van der Waals surface area contributed by atoms with Crippen LogP contribution in [0.15, 0.2) is 53.4 Å². The molecule has 0 radical (unpaired) electrons. The highest BCUT2D eigenvalue weighted by Gasteiger charge is 2.19. The van der Waals surface area contributed by atoms with Gasteiger partial charge in [-0.2, -0.15) is 0 Å². The molecule has 6 nitrogen and oxygen atoms in total. The van der Waals surface area contributed by atoms with Crippen LogP contribution in [-0.4, -0.2) is 34.1 Å². The third-order valence-electron chi connectivity index (χ3n) is 4.39.